The van der Waals surface area contributed by atoms with Crippen LogP contribution in [0.4, 0.5) is 0 Å². The second-order valence-electron chi connectivity index (χ2n) is 12.4. The van der Waals surface area contributed by atoms with Crippen LogP contribution in [0.25, 0.3) is 83.4 Å². The van der Waals surface area contributed by atoms with Crippen molar-refractivity contribution < 1.29 is 0 Å². The first-order chi connectivity index (χ1) is 24.3. The average molecular weight is 625 g/mol. The second kappa shape index (κ2) is 12.3. The third kappa shape index (κ3) is 5.21. The van der Waals surface area contributed by atoms with Gasteiger partial charge in [0.15, 0.2) is 0 Å². The molecule has 0 saturated heterocycles. The van der Waals surface area contributed by atoms with Gasteiger partial charge in [0, 0.05) is 33.0 Å². The lowest BCUT2D eigenvalue weighted by Gasteiger charge is -2.19. The second-order valence-corrected chi connectivity index (χ2v) is 12.4. The number of hydrogen-bond donors (Lipinski definition) is 0. The first kappa shape index (κ1) is 28.7. The first-order valence-corrected chi connectivity index (χ1v) is 16.7. The molecule has 7 aromatic carbocycles. The van der Waals surface area contributed by atoms with E-state index in [1.807, 2.05) is 6.07 Å². The number of para-hydroxylation sites is 3. The molecule has 49 heavy (non-hydrogen) atoms. The Morgan fingerprint density at radius 3 is 1.39 bits per heavy atom. The maximum atomic E-state index is 5.25. The van der Waals surface area contributed by atoms with Gasteiger partial charge in [0.2, 0.25) is 0 Å². The summed E-state index contributed by atoms with van der Waals surface area (Å²) in [5, 5.41) is 2.49. The molecule has 0 aliphatic rings. The molecule has 2 heteroatoms. The number of rotatable bonds is 6. The van der Waals surface area contributed by atoms with Gasteiger partial charge >= 0.3 is 0 Å². The molecule has 0 radical (unpaired) electrons. The monoisotopic (exact) mass is 624 g/mol. The van der Waals surface area contributed by atoms with Crippen molar-refractivity contribution in [2.24, 2.45) is 0 Å². The molecule has 9 aromatic rings. The van der Waals surface area contributed by atoms with E-state index in [-0.39, 0.29) is 0 Å². The van der Waals surface area contributed by atoms with Crippen LogP contribution in [0.15, 0.2) is 194 Å². The highest BCUT2D eigenvalue weighted by Gasteiger charge is 2.20. The minimum Gasteiger partial charge on any atom is -0.308 e. The van der Waals surface area contributed by atoms with Crippen LogP contribution in [0.2, 0.25) is 0 Å². The van der Waals surface area contributed by atoms with Gasteiger partial charge < -0.3 is 4.57 Å². The molecule has 2 aromatic heterocycles. The number of pyridine rings is 1. The van der Waals surface area contributed by atoms with Crippen molar-refractivity contribution in [1.82, 2.24) is 9.55 Å². The Hall–Kier alpha value is -6.51. The third-order valence-electron chi connectivity index (χ3n) is 9.40. The molecule has 2 nitrogen and oxygen atoms in total. The molecule has 0 aliphatic heterocycles. The molecule has 0 bridgehead atoms. The predicted molar refractivity (Wildman–Crippen MR) is 206 cm³/mol. The van der Waals surface area contributed by atoms with E-state index >= 15 is 0 Å². The standard InChI is InChI=1S/C47H32N2/c1-4-16-33(17-5-1)38-31-43(35-20-8-3-9-21-35)48-44(32-38)37-23-14-22-36(30-37)40-27-15-26-39(34-18-6-2-7-19-34)47(40)49-45-28-12-10-24-41(45)42-25-11-13-29-46(42)49/h1-32H. The highest BCUT2D eigenvalue weighted by Crippen LogP contribution is 2.42. The highest BCUT2D eigenvalue weighted by molar-refractivity contribution is 6.10. The van der Waals surface area contributed by atoms with Gasteiger partial charge in [-0.1, -0.05) is 164 Å². The van der Waals surface area contributed by atoms with E-state index in [2.05, 4.69) is 193 Å². The summed E-state index contributed by atoms with van der Waals surface area (Å²) >= 11 is 0. The summed E-state index contributed by atoms with van der Waals surface area (Å²) in [5.74, 6) is 0. The molecule has 0 fully saturated rings. The van der Waals surface area contributed by atoms with Crippen molar-refractivity contribution in [2.75, 3.05) is 0 Å². The molecule has 0 aliphatic carbocycles. The Morgan fingerprint density at radius 2 is 0.755 bits per heavy atom. The van der Waals surface area contributed by atoms with E-state index in [0.717, 1.165) is 39.2 Å². The molecule has 0 atom stereocenters. The van der Waals surface area contributed by atoms with Crippen molar-refractivity contribution in [3.05, 3.63) is 194 Å². The maximum Gasteiger partial charge on any atom is 0.0715 e. The van der Waals surface area contributed by atoms with Crippen LogP contribution in [0, 0.1) is 0 Å². The van der Waals surface area contributed by atoms with E-state index in [1.54, 1.807) is 0 Å². The summed E-state index contributed by atoms with van der Waals surface area (Å²) in [6, 6.07) is 69.2. The largest absolute Gasteiger partial charge is 0.308 e. The number of aromatic nitrogens is 2. The number of nitrogens with zero attached hydrogens (tertiary/aromatic N) is 2. The fraction of sp³-hybridized carbons (Fsp3) is 0. The molecular formula is C47H32N2. The van der Waals surface area contributed by atoms with E-state index in [0.29, 0.717) is 0 Å². The van der Waals surface area contributed by atoms with Gasteiger partial charge in [0.1, 0.15) is 0 Å². The molecule has 0 amide bonds. The van der Waals surface area contributed by atoms with E-state index in [4.69, 9.17) is 4.98 Å². The quantitative estimate of drug-likeness (QED) is 0.180. The predicted octanol–water partition coefficient (Wildman–Crippen LogP) is 12.5. The molecule has 2 heterocycles. The topological polar surface area (TPSA) is 17.8 Å². The van der Waals surface area contributed by atoms with Gasteiger partial charge in [-0.15, -0.1) is 0 Å². The number of hydrogen-bond acceptors (Lipinski definition) is 1. The summed E-state index contributed by atoms with van der Waals surface area (Å²) in [6.07, 6.45) is 0. The Morgan fingerprint density at radius 1 is 0.306 bits per heavy atom. The van der Waals surface area contributed by atoms with Crippen LogP contribution in [0.3, 0.4) is 0 Å². The molecule has 0 unspecified atom stereocenters. The van der Waals surface area contributed by atoms with Crippen LogP contribution in [-0.4, -0.2) is 9.55 Å². The van der Waals surface area contributed by atoms with Gasteiger partial charge in [-0.05, 0) is 52.6 Å². The van der Waals surface area contributed by atoms with Crippen molar-refractivity contribution in [3.63, 3.8) is 0 Å². The molecule has 0 spiro atoms. The highest BCUT2D eigenvalue weighted by atomic mass is 15.0. The Balaban J connectivity index is 1.29. The molecule has 0 N–H and O–H groups in total. The van der Waals surface area contributed by atoms with Crippen LogP contribution >= 0.6 is 0 Å². The first-order valence-electron chi connectivity index (χ1n) is 16.7. The van der Waals surface area contributed by atoms with Crippen molar-refractivity contribution in [3.8, 4) is 61.6 Å². The zero-order chi connectivity index (χ0) is 32.6. The van der Waals surface area contributed by atoms with E-state index in [9.17, 15) is 0 Å². The lowest BCUT2D eigenvalue weighted by molar-refractivity contribution is 1.18. The normalized spacial score (nSPS) is 11.3. The van der Waals surface area contributed by atoms with Gasteiger partial charge in [-0.2, -0.15) is 0 Å². The molecule has 230 valence electrons. The van der Waals surface area contributed by atoms with Crippen LogP contribution in [-0.2, 0) is 0 Å². The summed E-state index contributed by atoms with van der Waals surface area (Å²) in [4.78, 5) is 5.25. The van der Waals surface area contributed by atoms with E-state index in [1.165, 1.54) is 44.2 Å². The third-order valence-corrected chi connectivity index (χ3v) is 9.40. The fourth-order valence-corrected chi connectivity index (χ4v) is 7.11. The van der Waals surface area contributed by atoms with Crippen molar-refractivity contribution in [1.29, 1.82) is 0 Å². The van der Waals surface area contributed by atoms with Crippen LogP contribution < -0.4 is 0 Å². The van der Waals surface area contributed by atoms with Gasteiger partial charge in [-0.3, -0.25) is 0 Å². The smallest absolute Gasteiger partial charge is 0.0715 e. The van der Waals surface area contributed by atoms with Gasteiger partial charge in [0.05, 0.1) is 28.1 Å². The van der Waals surface area contributed by atoms with Gasteiger partial charge in [0.25, 0.3) is 0 Å². The van der Waals surface area contributed by atoms with Crippen LogP contribution in [0.1, 0.15) is 0 Å². The Labute approximate surface area is 286 Å². The summed E-state index contributed by atoms with van der Waals surface area (Å²) in [5.41, 5.74) is 14.6. The van der Waals surface area contributed by atoms with E-state index < -0.39 is 0 Å². The van der Waals surface area contributed by atoms with Crippen molar-refractivity contribution in [2.45, 2.75) is 0 Å². The zero-order valence-electron chi connectivity index (χ0n) is 26.9. The lowest BCUT2D eigenvalue weighted by atomic mass is 9.93. The minimum absolute atomic E-state index is 0.944. The zero-order valence-corrected chi connectivity index (χ0v) is 26.9. The Kier molecular flexibility index (Phi) is 7.18. The minimum atomic E-state index is 0.944. The SMILES string of the molecule is c1ccc(-c2cc(-c3ccccc3)nc(-c3cccc(-c4cccc(-c5ccccc5)c4-n4c5ccccc5c5ccccc54)c3)c2)cc1. The average Bonchev–Trinajstić information content (AvgIpc) is 3.52. The summed E-state index contributed by atoms with van der Waals surface area (Å²) < 4.78 is 2.46. The lowest BCUT2D eigenvalue weighted by Crippen LogP contribution is -2.00. The number of fused-ring (bicyclic) bond motifs is 3. The fourth-order valence-electron chi connectivity index (χ4n) is 7.11. The summed E-state index contributed by atoms with van der Waals surface area (Å²) in [7, 11) is 0. The number of benzene rings is 7. The maximum absolute atomic E-state index is 5.25. The molecule has 0 saturated carbocycles. The molecule has 9 rings (SSSR count). The van der Waals surface area contributed by atoms with Crippen molar-refractivity contribution >= 4 is 21.8 Å². The van der Waals surface area contributed by atoms with Crippen LogP contribution in [0.5, 0.6) is 0 Å². The summed E-state index contributed by atoms with van der Waals surface area (Å²) in [6.45, 7) is 0. The Bertz CT molecular complexity index is 2470. The molecular weight excluding hydrogens is 593 g/mol. The van der Waals surface area contributed by atoms with Gasteiger partial charge in [-0.25, -0.2) is 4.98 Å².